The Morgan fingerprint density at radius 3 is 1.59 bits per heavy atom. The molecule has 0 aromatic carbocycles. The van der Waals surface area contributed by atoms with Crippen molar-refractivity contribution in [1.29, 1.82) is 0 Å². The fourth-order valence-corrected chi connectivity index (χ4v) is 5.95. The molecule has 2 nitrogen and oxygen atoms in total. The van der Waals surface area contributed by atoms with E-state index in [0.717, 1.165) is 19.3 Å². The molecule has 27 heavy (non-hydrogen) atoms. The van der Waals surface area contributed by atoms with E-state index in [2.05, 4.69) is 5.32 Å². The maximum Gasteiger partial charge on any atom is 0.139 e. The summed E-state index contributed by atoms with van der Waals surface area (Å²) >= 11 is 0. The first-order valence-corrected chi connectivity index (χ1v) is 12.6. The third-order valence-electron chi connectivity index (χ3n) is 7.67. The molecular formula is C25H45NO. The molecule has 2 aliphatic carbocycles. The molecule has 4 unspecified atom stereocenters. The number of nitrogens with one attached hydrogen (secondary N) is 1. The summed E-state index contributed by atoms with van der Waals surface area (Å²) in [5.74, 6) is 1.37. The lowest BCUT2D eigenvalue weighted by Crippen LogP contribution is -2.39. The summed E-state index contributed by atoms with van der Waals surface area (Å²) in [6.07, 6.45) is 26.3. The van der Waals surface area contributed by atoms with E-state index < -0.39 is 0 Å². The third kappa shape index (κ3) is 7.52. The van der Waals surface area contributed by atoms with Gasteiger partial charge in [0.25, 0.3) is 0 Å². The van der Waals surface area contributed by atoms with Crippen molar-refractivity contribution in [2.24, 2.45) is 11.8 Å². The van der Waals surface area contributed by atoms with E-state index in [1.54, 1.807) is 0 Å². The zero-order valence-corrected chi connectivity index (χ0v) is 17.9. The van der Waals surface area contributed by atoms with E-state index in [-0.39, 0.29) is 0 Å². The monoisotopic (exact) mass is 375 g/mol. The first-order valence-electron chi connectivity index (χ1n) is 12.6. The van der Waals surface area contributed by atoms with Gasteiger partial charge in [0.1, 0.15) is 5.78 Å². The Bertz CT molecular complexity index is 421. The lowest BCUT2D eigenvalue weighted by Gasteiger charge is -2.28. The van der Waals surface area contributed by atoms with E-state index in [1.165, 1.54) is 109 Å². The highest BCUT2D eigenvalue weighted by Gasteiger charge is 2.32. The molecule has 0 aromatic heterocycles. The lowest BCUT2D eigenvalue weighted by molar-refractivity contribution is -0.127. The second kappa shape index (κ2) is 12.2. The number of ketones is 1. The molecule has 0 amide bonds. The minimum atomic E-state index is 0.343. The number of hydrogen-bond acceptors (Lipinski definition) is 2. The van der Waals surface area contributed by atoms with E-state index in [9.17, 15) is 4.79 Å². The van der Waals surface area contributed by atoms with Gasteiger partial charge in [0.05, 0.1) is 0 Å². The summed E-state index contributed by atoms with van der Waals surface area (Å²) in [7, 11) is 0. The van der Waals surface area contributed by atoms with Crippen LogP contribution in [-0.2, 0) is 4.79 Å². The highest BCUT2D eigenvalue weighted by atomic mass is 16.1. The molecule has 1 heterocycles. The van der Waals surface area contributed by atoms with Crippen LogP contribution in [0.3, 0.4) is 0 Å². The zero-order chi connectivity index (χ0) is 18.7. The Labute approximate surface area is 168 Å². The standard InChI is InChI=1S/C25H45NO/c27-25-21-14-10-6-4-5-8-12-16-23(19-18-21)26-24-17-13-9-3-1-2-7-11-15-22(25)20-24/h21-24,26H,1-20H2. The van der Waals surface area contributed by atoms with Crippen LogP contribution in [0.5, 0.6) is 0 Å². The van der Waals surface area contributed by atoms with Gasteiger partial charge < -0.3 is 5.32 Å². The Hall–Kier alpha value is -0.370. The van der Waals surface area contributed by atoms with Crippen LogP contribution in [0.1, 0.15) is 128 Å². The first kappa shape index (κ1) is 21.3. The molecule has 0 spiro atoms. The quantitative estimate of drug-likeness (QED) is 0.496. The van der Waals surface area contributed by atoms with Crippen LogP contribution in [0.15, 0.2) is 0 Å². The largest absolute Gasteiger partial charge is 0.311 e. The van der Waals surface area contributed by atoms with Crippen LogP contribution in [0.4, 0.5) is 0 Å². The number of hydrogen-bond donors (Lipinski definition) is 1. The summed E-state index contributed by atoms with van der Waals surface area (Å²) in [6, 6.07) is 1.25. The molecule has 1 aliphatic heterocycles. The highest BCUT2D eigenvalue weighted by Crippen LogP contribution is 2.31. The average Bonchev–Trinajstić information content (AvgIpc) is 2.70. The second-order valence-electron chi connectivity index (χ2n) is 9.92. The molecule has 2 heteroatoms. The molecule has 3 fully saturated rings. The van der Waals surface area contributed by atoms with Crippen molar-refractivity contribution in [2.75, 3.05) is 0 Å². The molecular weight excluding hydrogens is 330 g/mol. The lowest BCUT2D eigenvalue weighted by atomic mass is 9.80. The zero-order valence-electron chi connectivity index (χ0n) is 17.9. The van der Waals surface area contributed by atoms with Gasteiger partial charge in [-0.3, -0.25) is 4.79 Å². The van der Waals surface area contributed by atoms with Crippen LogP contribution >= 0.6 is 0 Å². The summed E-state index contributed by atoms with van der Waals surface area (Å²) in [5, 5.41) is 4.09. The Morgan fingerprint density at radius 1 is 0.481 bits per heavy atom. The van der Waals surface area contributed by atoms with Crippen molar-refractivity contribution < 1.29 is 4.79 Å². The van der Waals surface area contributed by atoms with Gasteiger partial charge in [-0.15, -0.1) is 0 Å². The van der Waals surface area contributed by atoms with Gasteiger partial charge in [-0.2, -0.15) is 0 Å². The molecule has 0 radical (unpaired) electrons. The fourth-order valence-electron chi connectivity index (χ4n) is 5.95. The number of fused-ring (bicyclic) bond motifs is 5. The van der Waals surface area contributed by atoms with E-state index >= 15 is 0 Å². The Kier molecular flexibility index (Phi) is 9.68. The topological polar surface area (TPSA) is 29.1 Å². The average molecular weight is 376 g/mol. The number of Topliss-reactive ketones (excluding diaryl/α,β-unsaturated/α-hetero) is 1. The van der Waals surface area contributed by atoms with E-state index in [4.69, 9.17) is 0 Å². The molecule has 1 saturated heterocycles. The van der Waals surface area contributed by atoms with Crippen LogP contribution in [0.25, 0.3) is 0 Å². The predicted octanol–water partition coefficient (Wildman–Crippen LogP) is 6.96. The fraction of sp³-hybridized carbons (Fsp3) is 0.960. The highest BCUT2D eigenvalue weighted by molar-refractivity contribution is 5.83. The summed E-state index contributed by atoms with van der Waals surface area (Å²) in [5.41, 5.74) is 0. The SMILES string of the molecule is O=C1C2CCCCCCCCC(CC2)NC2CCCCCCCCCC1C2. The van der Waals surface area contributed by atoms with Crippen molar-refractivity contribution in [3.8, 4) is 0 Å². The Morgan fingerprint density at radius 2 is 0.963 bits per heavy atom. The maximum atomic E-state index is 13.5. The van der Waals surface area contributed by atoms with Crippen molar-refractivity contribution in [3.63, 3.8) is 0 Å². The molecule has 0 aromatic rings. The van der Waals surface area contributed by atoms with Gasteiger partial charge in [-0.25, -0.2) is 0 Å². The van der Waals surface area contributed by atoms with Gasteiger partial charge in [0.2, 0.25) is 0 Å². The number of rotatable bonds is 0. The van der Waals surface area contributed by atoms with Gasteiger partial charge >= 0.3 is 0 Å². The third-order valence-corrected chi connectivity index (χ3v) is 7.67. The maximum absolute atomic E-state index is 13.5. The van der Waals surface area contributed by atoms with Crippen molar-refractivity contribution in [1.82, 2.24) is 5.32 Å². The van der Waals surface area contributed by atoms with Gasteiger partial charge in [-0.1, -0.05) is 83.5 Å². The molecule has 3 aliphatic rings. The summed E-state index contributed by atoms with van der Waals surface area (Å²) in [4.78, 5) is 13.5. The molecule has 2 saturated carbocycles. The van der Waals surface area contributed by atoms with E-state index in [1.807, 2.05) is 0 Å². The van der Waals surface area contributed by atoms with Crippen LogP contribution in [0.2, 0.25) is 0 Å². The Balaban J connectivity index is 1.74. The predicted molar refractivity (Wildman–Crippen MR) is 115 cm³/mol. The minimum absolute atomic E-state index is 0.343. The van der Waals surface area contributed by atoms with Gasteiger partial charge in [-0.05, 0) is 44.9 Å². The number of carbonyl (C=O) groups is 1. The van der Waals surface area contributed by atoms with Crippen molar-refractivity contribution in [2.45, 2.75) is 141 Å². The second-order valence-corrected chi connectivity index (χ2v) is 9.92. The van der Waals surface area contributed by atoms with Gasteiger partial charge in [0.15, 0.2) is 0 Å². The minimum Gasteiger partial charge on any atom is -0.311 e. The molecule has 3 rings (SSSR count). The summed E-state index contributed by atoms with van der Waals surface area (Å²) in [6.45, 7) is 0. The number of carbonyl (C=O) groups excluding carboxylic acids is 1. The van der Waals surface area contributed by atoms with Crippen LogP contribution in [-0.4, -0.2) is 17.9 Å². The normalized spacial score (nSPS) is 36.1. The van der Waals surface area contributed by atoms with Crippen LogP contribution in [0, 0.1) is 11.8 Å². The molecule has 1 N–H and O–H groups in total. The molecule has 4 atom stereocenters. The molecule has 156 valence electrons. The van der Waals surface area contributed by atoms with E-state index in [0.29, 0.717) is 29.7 Å². The summed E-state index contributed by atoms with van der Waals surface area (Å²) < 4.78 is 0. The molecule has 4 bridgehead atoms. The van der Waals surface area contributed by atoms with Crippen molar-refractivity contribution in [3.05, 3.63) is 0 Å². The smallest absolute Gasteiger partial charge is 0.139 e. The van der Waals surface area contributed by atoms with Gasteiger partial charge in [0, 0.05) is 23.9 Å². The van der Waals surface area contributed by atoms with Crippen LogP contribution < -0.4 is 5.32 Å². The van der Waals surface area contributed by atoms with Crippen molar-refractivity contribution >= 4 is 5.78 Å². The first-order chi connectivity index (χ1) is 13.3.